The number of carbonyl (C=O) groups excluding carboxylic acids is 1. The van der Waals surface area contributed by atoms with Gasteiger partial charge in [0.2, 0.25) is 5.91 Å². The molecule has 0 radical (unpaired) electrons. The van der Waals surface area contributed by atoms with Gasteiger partial charge in [0.1, 0.15) is 0 Å². The van der Waals surface area contributed by atoms with Crippen molar-refractivity contribution >= 4 is 22.5 Å². The Morgan fingerprint density at radius 3 is 2.96 bits per heavy atom. The molecule has 2 aromatic heterocycles. The molecule has 4 rings (SSSR count). The molecule has 3 heterocycles. The van der Waals surface area contributed by atoms with Crippen molar-refractivity contribution in [2.24, 2.45) is 7.05 Å². The average molecular weight is 349 g/mol. The zero-order valence-electron chi connectivity index (χ0n) is 15.1. The van der Waals surface area contributed by atoms with Crippen LogP contribution < -0.4 is 10.2 Å². The Balaban J connectivity index is 1.35. The summed E-state index contributed by atoms with van der Waals surface area (Å²) in [4.78, 5) is 19.1. The molecule has 1 aliphatic heterocycles. The molecule has 0 aliphatic carbocycles. The molecule has 1 aromatic carbocycles. The SMILES string of the molecule is Cc1ccc(N2CC[C@@H](NC(=O)Cc3ccc4c(cnn4C)c3)C2)cn1. The van der Waals surface area contributed by atoms with E-state index in [2.05, 4.69) is 26.4 Å². The van der Waals surface area contributed by atoms with Crippen molar-refractivity contribution in [2.45, 2.75) is 25.8 Å². The summed E-state index contributed by atoms with van der Waals surface area (Å²) in [5.41, 5.74) is 4.23. The van der Waals surface area contributed by atoms with Gasteiger partial charge < -0.3 is 10.2 Å². The van der Waals surface area contributed by atoms with Crippen LogP contribution in [0.2, 0.25) is 0 Å². The number of aryl methyl sites for hydroxylation is 2. The van der Waals surface area contributed by atoms with Crippen LogP contribution in [0.25, 0.3) is 10.9 Å². The molecule has 1 fully saturated rings. The molecule has 1 atom stereocenters. The summed E-state index contributed by atoms with van der Waals surface area (Å²) < 4.78 is 1.84. The first kappa shape index (κ1) is 16.6. The maximum absolute atomic E-state index is 12.4. The van der Waals surface area contributed by atoms with Crippen LogP contribution >= 0.6 is 0 Å². The van der Waals surface area contributed by atoms with Crippen molar-refractivity contribution in [2.75, 3.05) is 18.0 Å². The van der Waals surface area contributed by atoms with Crippen molar-refractivity contribution in [3.8, 4) is 0 Å². The minimum atomic E-state index is 0.0714. The lowest BCUT2D eigenvalue weighted by Crippen LogP contribution is -2.38. The third kappa shape index (κ3) is 3.40. The lowest BCUT2D eigenvalue weighted by Gasteiger charge is -2.18. The molecular weight excluding hydrogens is 326 g/mol. The molecule has 0 saturated carbocycles. The third-order valence-corrected chi connectivity index (χ3v) is 4.99. The van der Waals surface area contributed by atoms with Gasteiger partial charge in [-0.3, -0.25) is 14.5 Å². The second-order valence-electron chi connectivity index (χ2n) is 7.00. The van der Waals surface area contributed by atoms with E-state index in [9.17, 15) is 4.79 Å². The summed E-state index contributed by atoms with van der Waals surface area (Å²) in [5.74, 6) is 0.0714. The van der Waals surface area contributed by atoms with Gasteiger partial charge in [-0.25, -0.2) is 0 Å². The molecule has 1 N–H and O–H groups in total. The van der Waals surface area contributed by atoms with E-state index in [-0.39, 0.29) is 11.9 Å². The maximum Gasteiger partial charge on any atom is 0.224 e. The van der Waals surface area contributed by atoms with Crippen LogP contribution in [0.3, 0.4) is 0 Å². The molecule has 1 aliphatic rings. The number of benzene rings is 1. The first-order valence-electron chi connectivity index (χ1n) is 8.96. The Morgan fingerprint density at radius 1 is 1.27 bits per heavy atom. The lowest BCUT2D eigenvalue weighted by atomic mass is 10.1. The Bertz CT molecular complexity index is 931. The summed E-state index contributed by atoms with van der Waals surface area (Å²) in [6, 6.07) is 10.4. The quantitative estimate of drug-likeness (QED) is 0.784. The molecule has 3 aromatic rings. The first-order chi connectivity index (χ1) is 12.6. The topological polar surface area (TPSA) is 63.1 Å². The Kier molecular flexibility index (Phi) is 4.32. The van der Waals surface area contributed by atoms with E-state index in [0.29, 0.717) is 6.42 Å². The maximum atomic E-state index is 12.4. The normalized spacial score (nSPS) is 17.0. The molecule has 26 heavy (non-hydrogen) atoms. The van der Waals surface area contributed by atoms with Gasteiger partial charge in [0.05, 0.1) is 30.0 Å². The van der Waals surface area contributed by atoms with Gasteiger partial charge >= 0.3 is 0 Å². The highest BCUT2D eigenvalue weighted by atomic mass is 16.1. The predicted octanol–water partition coefficient (Wildman–Crippen LogP) is 2.21. The number of hydrogen-bond acceptors (Lipinski definition) is 4. The van der Waals surface area contributed by atoms with Crippen LogP contribution in [0.5, 0.6) is 0 Å². The van der Waals surface area contributed by atoms with Crippen molar-refractivity contribution in [3.63, 3.8) is 0 Å². The van der Waals surface area contributed by atoms with Crippen molar-refractivity contribution in [3.05, 3.63) is 54.0 Å². The fourth-order valence-electron chi connectivity index (χ4n) is 3.55. The van der Waals surface area contributed by atoms with E-state index in [1.54, 1.807) is 0 Å². The number of hydrogen-bond donors (Lipinski definition) is 1. The van der Waals surface area contributed by atoms with Gasteiger partial charge in [-0.2, -0.15) is 5.10 Å². The number of pyridine rings is 1. The number of amides is 1. The number of fused-ring (bicyclic) bond motifs is 1. The number of aromatic nitrogens is 3. The van der Waals surface area contributed by atoms with E-state index in [1.807, 2.05) is 55.3 Å². The summed E-state index contributed by atoms with van der Waals surface area (Å²) in [6.45, 7) is 3.76. The average Bonchev–Trinajstić information content (AvgIpc) is 3.22. The highest BCUT2D eigenvalue weighted by molar-refractivity contribution is 5.83. The van der Waals surface area contributed by atoms with Gasteiger partial charge in [-0.05, 0) is 43.2 Å². The Morgan fingerprint density at radius 2 is 2.15 bits per heavy atom. The lowest BCUT2D eigenvalue weighted by molar-refractivity contribution is -0.121. The molecular formula is C20H23N5O. The number of rotatable bonds is 4. The fraction of sp³-hybridized carbons (Fsp3) is 0.350. The van der Waals surface area contributed by atoms with Gasteiger partial charge in [0.25, 0.3) is 0 Å². The number of carbonyl (C=O) groups is 1. The summed E-state index contributed by atoms with van der Waals surface area (Å²) in [7, 11) is 1.92. The van der Waals surface area contributed by atoms with E-state index in [4.69, 9.17) is 0 Å². The molecule has 134 valence electrons. The van der Waals surface area contributed by atoms with Crippen LogP contribution in [0.15, 0.2) is 42.7 Å². The highest BCUT2D eigenvalue weighted by Crippen LogP contribution is 2.20. The summed E-state index contributed by atoms with van der Waals surface area (Å²) in [6.07, 6.45) is 5.10. The minimum Gasteiger partial charge on any atom is -0.368 e. The molecule has 0 bridgehead atoms. The molecule has 1 saturated heterocycles. The van der Waals surface area contributed by atoms with Gasteiger partial charge in [-0.1, -0.05) is 6.07 Å². The van der Waals surface area contributed by atoms with Crippen LogP contribution in [-0.4, -0.2) is 39.8 Å². The number of nitrogens with zero attached hydrogens (tertiary/aromatic N) is 4. The molecule has 0 unspecified atom stereocenters. The zero-order chi connectivity index (χ0) is 18.1. The van der Waals surface area contributed by atoms with Crippen molar-refractivity contribution in [1.82, 2.24) is 20.1 Å². The molecule has 0 spiro atoms. The van der Waals surface area contributed by atoms with Crippen molar-refractivity contribution < 1.29 is 4.79 Å². The Hall–Kier alpha value is -2.89. The number of nitrogens with one attached hydrogen (secondary N) is 1. The predicted molar refractivity (Wildman–Crippen MR) is 102 cm³/mol. The van der Waals surface area contributed by atoms with Crippen molar-refractivity contribution in [1.29, 1.82) is 0 Å². The molecule has 6 nitrogen and oxygen atoms in total. The smallest absolute Gasteiger partial charge is 0.224 e. The third-order valence-electron chi connectivity index (χ3n) is 4.99. The van der Waals surface area contributed by atoms with Crippen LogP contribution in [0.1, 0.15) is 17.7 Å². The van der Waals surface area contributed by atoms with Crippen LogP contribution in [0.4, 0.5) is 5.69 Å². The van der Waals surface area contributed by atoms with Crippen LogP contribution in [-0.2, 0) is 18.3 Å². The molecule has 6 heteroatoms. The van der Waals surface area contributed by atoms with Crippen LogP contribution in [0, 0.1) is 6.92 Å². The van der Waals surface area contributed by atoms with E-state index >= 15 is 0 Å². The van der Waals surface area contributed by atoms with Gasteiger partial charge in [0.15, 0.2) is 0 Å². The summed E-state index contributed by atoms with van der Waals surface area (Å²) >= 11 is 0. The minimum absolute atomic E-state index is 0.0714. The second kappa shape index (κ2) is 6.78. The Labute approximate surface area is 152 Å². The van der Waals surface area contributed by atoms with Gasteiger partial charge in [-0.15, -0.1) is 0 Å². The van der Waals surface area contributed by atoms with E-state index in [1.165, 1.54) is 0 Å². The first-order valence-corrected chi connectivity index (χ1v) is 8.96. The highest BCUT2D eigenvalue weighted by Gasteiger charge is 2.24. The fourth-order valence-corrected chi connectivity index (χ4v) is 3.55. The summed E-state index contributed by atoms with van der Waals surface area (Å²) in [5, 5.41) is 8.48. The number of anilines is 1. The van der Waals surface area contributed by atoms with Gasteiger partial charge in [0, 0.05) is 37.3 Å². The standard InChI is InChI=1S/C20H23N5O/c1-14-3-5-18(12-21-14)25-8-7-17(13-25)23-20(26)10-15-4-6-19-16(9-15)11-22-24(19)2/h3-6,9,11-12,17H,7-8,10,13H2,1-2H3,(H,23,26)/t17-/m1/s1. The van der Waals surface area contributed by atoms with E-state index in [0.717, 1.165) is 47.4 Å². The van der Waals surface area contributed by atoms with E-state index < -0.39 is 0 Å². The monoisotopic (exact) mass is 349 g/mol. The second-order valence-corrected chi connectivity index (χ2v) is 7.00. The largest absolute Gasteiger partial charge is 0.368 e. The molecule has 1 amide bonds. The zero-order valence-corrected chi connectivity index (χ0v) is 15.1.